The second-order valence-corrected chi connectivity index (χ2v) is 11.2. The molecule has 0 aliphatic carbocycles. The molecule has 0 saturated carbocycles. The van der Waals surface area contributed by atoms with Crippen LogP contribution in [-0.2, 0) is 14.8 Å². The molecule has 0 unspecified atom stereocenters. The highest BCUT2D eigenvalue weighted by molar-refractivity contribution is 7.92. The van der Waals surface area contributed by atoms with Gasteiger partial charge in [0.25, 0.3) is 15.9 Å². The van der Waals surface area contributed by atoms with Gasteiger partial charge in [-0.3, -0.25) is 9.10 Å². The molecule has 0 fully saturated rings. The topological polar surface area (TPSA) is 93.0 Å². The fourth-order valence-electron chi connectivity index (χ4n) is 4.23. The molecule has 0 aliphatic heterocycles. The number of aromatic nitrogens is 1. The summed E-state index contributed by atoms with van der Waals surface area (Å²) in [4.78, 5) is 13.0. The van der Waals surface area contributed by atoms with E-state index < -0.39 is 22.5 Å². The number of carbonyl (C=O) groups is 1. The number of hydrogen-bond acceptors (Lipinski definition) is 5. The molecule has 1 N–H and O–H groups in total. The lowest BCUT2D eigenvalue weighted by Gasteiger charge is -2.25. The Morgan fingerprint density at radius 2 is 1.72 bits per heavy atom. The lowest BCUT2D eigenvalue weighted by molar-refractivity contribution is -0.119. The predicted molar refractivity (Wildman–Crippen MR) is 155 cm³/mol. The Morgan fingerprint density at radius 1 is 1.03 bits per heavy atom. The third-order valence-corrected chi connectivity index (χ3v) is 8.19. The number of nitrogens with zero attached hydrogens (tertiary/aromatic N) is 3. The summed E-state index contributed by atoms with van der Waals surface area (Å²) in [6.07, 6.45) is 1.54. The third kappa shape index (κ3) is 6.16. The van der Waals surface area contributed by atoms with Gasteiger partial charge in [0.1, 0.15) is 12.3 Å². The van der Waals surface area contributed by atoms with Crippen molar-refractivity contribution in [3.8, 4) is 11.4 Å². The Balaban J connectivity index is 1.59. The van der Waals surface area contributed by atoms with Gasteiger partial charge >= 0.3 is 0 Å². The van der Waals surface area contributed by atoms with Crippen molar-refractivity contribution in [3.05, 3.63) is 106 Å². The fraction of sp³-hybridized carbons (Fsp3) is 0.172. The van der Waals surface area contributed by atoms with E-state index in [9.17, 15) is 13.2 Å². The van der Waals surface area contributed by atoms with Crippen molar-refractivity contribution >= 4 is 39.4 Å². The minimum atomic E-state index is -4.14. The van der Waals surface area contributed by atoms with Crippen LogP contribution in [0.5, 0.6) is 5.75 Å². The monoisotopic (exact) mass is 564 g/mol. The average Bonchev–Trinajstić information content (AvgIpc) is 3.20. The van der Waals surface area contributed by atoms with Gasteiger partial charge in [0.15, 0.2) is 0 Å². The zero-order chi connectivity index (χ0) is 28.2. The Labute approximate surface area is 233 Å². The van der Waals surface area contributed by atoms with Gasteiger partial charge in [-0.2, -0.15) is 5.10 Å². The number of benzene rings is 3. The quantitative estimate of drug-likeness (QED) is 0.217. The number of aryl methyl sites for hydroxylation is 2. The minimum Gasteiger partial charge on any atom is -0.495 e. The van der Waals surface area contributed by atoms with E-state index in [0.29, 0.717) is 5.02 Å². The van der Waals surface area contributed by atoms with Crippen molar-refractivity contribution < 1.29 is 17.9 Å². The molecule has 0 radical (unpaired) electrons. The van der Waals surface area contributed by atoms with Crippen LogP contribution in [0.3, 0.4) is 0 Å². The van der Waals surface area contributed by atoms with E-state index in [1.165, 1.54) is 30.9 Å². The first-order chi connectivity index (χ1) is 18.6. The van der Waals surface area contributed by atoms with E-state index in [4.69, 9.17) is 16.3 Å². The van der Waals surface area contributed by atoms with Gasteiger partial charge in [0, 0.05) is 27.7 Å². The summed E-state index contributed by atoms with van der Waals surface area (Å²) in [5, 5.41) is 4.40. The van der Waals surface area contributed by atoms with Crippen LogP contribution < -0.4 is 14.5 Å². The van der Waals surface area contributed by atoms with Crippen molar-refractivity contribution in [1.29, 1.82) is 0 Å². The lowest BCUT2D eigenvalue weighted by Crippen LogP contribution is -2.39. The first-order valence-electron chi connectivity index (χ1n) is 12.1. The zero-order valence-electron chi connectivity index (χ0n) is 22.1. The highest BCUT2D eigenvalue weighted by Crippen LogP contribution is 2.34. The molecule has 10 heteroatoms. The van der Waals surface area contributed by atoms with Gasteiger partial charge in [0.05, 0.1) is 23.9 Å². The molecular formula is C29H29ClN4O4S. The van der Waals surface area contributed by atoms with Gasteiger partial charge in [-0.05, 0) is 69.3 Å². The smallest absolute Gasteiger partial charge is 0.264 e. The van der Waals surface area contributed by atoms with Crippen LogP contribution in [0.25, 0.3) is 5.69 Å². The van der Waals surface area contributed by atoms with Crippen molar-refractivity contribution in [1.82, 2.24) is 9.99 Å². The molecule has 0 saturated heterocycles. The van der Waals surface area contributed by atoms with E-state index in [-0.39, 0.29) is 16.3 Å². The summed E-state index contributed by atoms with van der Waals surface area (Å²) in [5.74, 6) is -0.390. The standard InChI is InChI=1S/C29H29ClN4O4S/c1-20-10-13-25(14-11-20)34-21(2)16-23(22(34)3)18-31-32-29(35)19-33(27-17-24(30)12-15-28(27)38-4)39(36,37)26-8-6-5-7-9-26/h5-18H,19H2,1-4H3,(H,32,35)/b31-18+. The number of anilines is 1. The maximum atomic E-state index is 13.6. The number of hydrogen-bond donors (Lipinski definition) is 1. The Morgan fingerprint density at radius 3 is 2.38 bits per heavy atom. The summed E-state index contributed by atoms with van der Waals surface area (Å²) in [6, 6.07) is 22.6. The largest absolute Gasteiger partial charge is 0.495 e. The summed E-state index contributed by atoms with van der Waals surface area (Å²) >= 11 is 6.18. The van der Waals surface area contributed by atoms with Gasteiger partial charge in [-0.15, -0.1) is 0 Å². The number of ether oxygens (including phenoxy) is 1. The van der Waals surface area contributed by atoms with Crippen LogP contribution in [0.1, 0.15) is 22.5 Å². The van der Waals surface area contributed by atoms with Gasteiger partial charge < -0.3 is 9.30 Å². The SMILES string of the molecule is COc1ccc(Cl)cc1N(CC(=O)N/N=C/c1cc(C)n(-c2ccc(C)cc2)c1C)S(=O)(=O)c1ccccc1. The fourth-order valence-corrected chi connectivity index (χ4v) is 5.84. The molecule has 0 bridgehead atoms. The zero-order valence-corrected chi connectivity index (χ0v) is 23.6. The van der Waals surface area contributed by atoms with E-state index in [0.717, 1.165) is 26.9 Å². The van der Waals surface area contributed by atoms with Crippen molar-refractivity contribution in [2.45, 2.75) is 25.7 Å². The Kier molecular flexibility index (Phi) is 8.42. The summed E-state index contributed by atoms with van der Waals surface area (Å²) < 4.78 is 35.6. The molecular weight excluding hydrogens is 536 g/mol. The summed E-state index contributed by atoms with van der Waals surface area (Å²) in [7, 11) is -2.73. The molecule has 0 spiro atoms. The number of carbonyl (C=O) groups excluding carboxylic acids is 1. The van der Waals surface area contributed by atoms with Crippen molar-refractivity contribution in [3.63, 3.8) is 0 Å². The van der Waals surface area contributed by atoms with Gasteiger partial charge in [0.2, 0.25) is 0 Å². The predicted octanol–water partition coefficient (Wildman–Crippen LogP) is 5.41. The number of methoxy groups -OCH3 is 1. The molecule has 3 aromatic carbocycles. The first-order valence-corrected chi connectivity index (χ1v) is 13.9. The molecule has 0 atom stereocenters. The molecule has 0 aliphatic rings. The molecule has 8 nitrogen and oxygen atoms in total. The van der Waals surface area contributed by atoms with E-state index >= 15 is 0 Å². The molecule has 1 heterocycles. The van der Waals surface area contributed by atoms with Crippen LogP contribution >= 0.6 is 11.6 Å². The molecule has 4 aromatic rings. The maximum Gasteiger partial charge on any atom is 0.264 e. The summed E-state index contributed by atoms with van der Waals surface area (Å²) in [6.45, 7) is 5.45. The van der Waals surface area contributed by atoms with Crippen LogP contribution in [0.2, 0.25) is 5.02 Å². The number of sulfonamides is 1. The second-order valence-electron chi connectivity index (χ2n) is 8.93. The lowest BCUT2D eigenvalue weighted by atomic mass is 10.2. The maximum absolute atomic E-state index is 13.6. The molecule has 4 rings (SSSR count). The van der Waals surface area contributed by atoms with Crippen molar-refractivity contribution in [2.75, 3.05) is 18.0 Å². The van der Waals surface area contributed by atoms with Gasteiger partial charge in [-0.1, -0.05) is 47.5 Å². The number of hydrazone groups is 1. The highest BCUT2D eigenvalue weighted by atomic mass is 35.5. The van der Waals surface area contributed by atoms with Crippen LogP contribution in [0.15, 0.2) is 88.9 Å². The number of rotatable bonds is 9. The Hall–Kier alpha value is -4.08. The highest BCUT2D eigenvalue weighted by Gasteiger charge is 2.29. The van der Waals surface area contributed by atoms with Crippen molar-refractivity contribution in [2.24, 2.45) is 5.10 Å². The minimum absolute atomic E-state index is 0.0203. The number of amides is 1. The first kappa shape index (κ1) is 27.9. The third-order valence-electron chi connectivity index (χ3n) is 6.18. The number of halogens is 1. The molecule has 202 valence electrons. The second kappa shape index (κ2) is 11.8. The van der Waals surface area contributed by atoms with Crippen LogP contribution in [0.4, 0.5) is 5.69 Å². The van der Waals surface area contributed by atoms with Crippen LogP contribution in [-0.4, -0.2) is 38.8 Å². The average molecular weight is 565 g/mol. The van der Waals surface area contributed by atoms with Crippen LogP contribution in [0, 0.1) is 20.8 Å². The van der Waals surface area contributed by atoms with E-state index in [2.05, 4.69) is 15.1 Å². The van der Waals surface area contributed by atoms with E-state index in [1.807, 2.05) is 51.1 Å². The Bertz CT molecular complexity index is 1620. The normalized spacial score (nSPS) is 11.5. The molecule has 1 amide bonds. The molecule has 39 heavy (non-hydrogen) atoms. The molecule has 1 aromatic heterocycles. The van der Waals surface area contributed by atoms with E-state index in [1.54, 1.807) is 36.5 Å². The summed E-state index contributed by atoms with van der Waals surface area (Å²) in [5.41, 5.74) is 7.56. The number of nitrogens with one attached hydrogen (secondary N) is 1. The van der Waals surface area contributed by atoms with Gasteiger partial charge in [-0.25, -0.2) is 13.8 Å².